The molecule has 0 heterocycles. The molecule has 4 bridgehead atoms. The molecule has 0 spiro atoms. The number of carbonyl (C=O) groups is 2. The van der Waals surface area contributed by atoms with E-state index in [9.17, 15) is 33.0 Å². The van der Waals surface area contributed by atoms with Crippen molar-refractivity contribution in [1.29, 1.82) is 0 Å². The van der Waals surface area contributed by atoms with Gasteiger partial charge in [-0.3, -0.25) is 4.79 Å². The molecule has 10 heteroatoms. The number of nitrogens with one attached hydrogen (secondary N) is 2. The molecular formula is C31H31F3N2O4S. The van der Waals surface area contributed by atoms with Gasteiger partial charge in [-0.2, -0.15) is 13.2 Å². The molecule has 0 aromatic heterocycles. The molecule has 0 saturated heterocycles. The zero-order valence-corrected chi connectivity index (χ0v) is 23.0. The Kier molecular flexibility index (Phi) is 6.97. The van der Waals surface area contributed by atoms with Crippen molar-refractivity contribution in [2.24, 2.45) is 17.3 Å². The first-order valence-electron chi connectivity index (χ1n) is 13.8. The van der Waals surface area contributed by atoms with E-state index in [2.05, 4.69) is 10.6 Å². The average Bonchev–Trinajstić information content (AvgIpc) is 2.88. The molecule has 0 radical (unpaired) electrons. The number of carboxylic acids is 1. The Bertz CT molecular complexity index is 1480. The van der Waals surface area contributed by atoms with Crippen molar-refractivity contribution < 1.29 is 33.0 Å². The number of fused-ring (bicyclic) bond motifs is 1. The van der Waals surface area contributed by atoms with E-state index in [1.165, 1.54) is 12.1 Å². The van der Waals surface area contributed by atoms with E-state index in [0.717, 1.165) is 22.8 Å². The molecule has 6 nitrogen and oxygen atoms in total. The summed E-state index contributed by atoms with van der Waals surface area (Å²) in [5, 5.41) is 29.3. The molecule has 4 saturated carbocycles. The molecule has 3 unspecified atom stereocenters. The summed E-state index contributed by atoms with van der Waals surface area (Å²) < 4.78 is 38.1. The maximum Gasteiger partial charge on any atom is 0.446 e. The van der Waals surface area contributed by atoms with Gasteiger partial charge in [-0.15, -0.1) is 0 Å². The molecule has 4 N–H and O–H groups in total. The lowest BCUT2D eigenvalue weighted by molar-refractivity contribution is -0.181. The summed E-state index contributed by atoms with van der Waals surface area (Å²) in [7, 11) is 0. The van der Waals surface area contributed by atoms with Gasteiger partial charge in [0, 0.05) is 22.2 Å². The van der Waals surface area contributed by atoms with Crippen LogP contribution in [0.3, 0.4) is 0 Å². The lowest BCUT2D eigenvalue weighted by Gasteiger charge is -2.61. The van der Waals surface area contributed by atoms with Crippen LogP contribution in [0.5, 0.6) is 0 Å². The van der Waals surface area contributed by atoms with E-state index in [0.29, 0.717) is 37.8 Å². The molecule has 4 aliphatic rings. The summed E-state index contributed by atoms with van der Waals surface area (Å²) in [5.41, 5.74) is -4.41. The molecule has 3 aromatic rings. The van der Waals surface area contributed by atoms with Gasteiger partial charge in [0.25, 0.3) is 5.91 Å². The van der Waals surface area contributed by atoms with Gasteiger partial charge in [0.15, 0.2) is 0 Å². The number of carbonyl (C=O) groups excluding carboxylic acids is 1. The summed E-state index contributed by atoms with van der Waals surface area (Å²) >= 11 is -0.177. The largest absolute Gasteiger partial charge is 0.480 e. The zero-order valence-electron chi connectivity index (χ0n) is 22.2. The van der Waals surface area contributed by atoms with E-state index in [4.69, 9.17) is 0 Å². The molecule has 7 rings (SSSR count). The molecule has 4 aliphatic carbocycles. The number of amides is 1. The van der Waals surface area contributed by atoms with Crippen LogP contribution in [0.2, 0.25) is 0 Å². The summed E-state index contributed by atoms with van der Waals surface area (Å²) in [6.45, 7) is 0.244. The van der Waals surface area contributed by atoms with Crippen LogP contribution in [-0.4, -0.2) is 39.2 Å². The number of carboxylic acid groups (broad SMARTS) is 1. The molecule has 3 atom stereocenters. The topological polar surface area (TPSA) is 98.7 Å². The number of alkyl halides is 3. The number of hydrogen-bond donors (Lipinski definition) is 4. The Morgan fingerprint density at radius 3 is 2.29 bits per heavy atom. The number of hydrogen-bond acceptors (Lipinski definition) is 5. The van der Waals surface area contributed by atoms with Crippen LogP contribution in [0.25, 0.3) is 10.8 Å². The summed E-state index contributed by atoms with van der Waals surface area (Å²) in [6.07, 6.45) is 4.11. The quantitative estimate of drug-likeness (QED) is 0.223. The Morgan fingerprint density at radius 2 is 1.66 bits per heavy atom. The summed E-state index contributed by atoms with van der Waals surface area (Å²) in [6, 6.07) is 15.8. The molecule has 1 amide bonds. The maximum absolute atomic E-state index is 13.8. The summed E-state index contributed by atoms with van der Waals surface area (Å²) in [4.78, 5) is 26.5. The van der Waals surface area contributed by atoms with Crippen molar-refractivity contribution in [3.8, 4) is 0 Å². The highest BCUT2D eigenvalue weighted by molar-refractivity contribution is 8.00. The van der Waals surface area contributed by atoms with Crippen molar-refractivity contribution in [3.63, 3.8) is 0 Å². The van der Waals surface area contributed by atoms with Crippen LogP contribution in [0.1, 0.15) is 54.4 Å². The van der Waals surface area contributed by atoms with Crippen molar-refractivity contribution in [3.05, 3.63) is 71.8 Å². The van der Waals surface area contributed by atoms with E-state index < -0.39 is 34.4 Å². The number of rotatable bonds is 8. The van der Waals surface area contributed by atoms with Crippen LogP contribution in [0, 0.1) is 17.3 Å². The fourth-order valence-corrected chi connectivity index (χ4v) is 8.50. The third kappa shape index (κ3) is 5.64. The van der Waals surface area contributed by atoms with Gasteiger partial charge in [-0.05, 0) is 91.3 Å². The van der Waals surface area contributed by atoms with Gasteiger partial charge in [0.1, 0.15) is 6.04 Å². The van der Waals surface area contributed by atoms with E-state index in [1.807, 2.05) is 30.3 Å². The highest BCUT2D eigenvalue weighted by Crippen LogP contribution is 2.62. The van der Waals surface area contributed by atoms with Crippen molar-refractivity contribution in [2.45, 2.75) is 67.1 Å². The van der Waals surface area contributed by atoms with Gasteiger partial charge in [-0.1, -0.05) is 42.5 Å². The van der Waals surface area contributed by atoms with Gasteiger partial charge < -0.3 is 20.8 Å². The molecule has 4 fully saturated rings. The highest BCUT2D eigenvalue weighted by atomic mass is 32.2. The third-order valence-electron chi connectivity index (χ3n) is 9.01. The number of anilines is 1. The van der Waals surface area contributed by atoms with Crippen LogP contribution >= 0.6 is 11.8 Å². The van der Waals surface area contributed by atoms with Crippen molar-refractivity contribution >= 4 is 40.1 Å². The normalized spacial score (nSPS) is 27.5. The van der Waals surface area contributed by atoms with E-state index in [1.54, 1.807) is 18.2 Å². The number of aliphatic hydroxyl groups is 1. The predicted octanol–water partition coefficient (Wildman–Crippen LogP) is 6.58. The monoisotopic (exact) mass is 584 g/mol. The van der Waals surface area contributed by atoms with Crippen LogP contribution in [-0.2, 0) is 11.3 Å². The number of halogens is 3. The van der Waals surface area contributed by atoms with Crippen LogP contribution < -0.4 is 10.6 Å². The molecule has 41 heavy (non-hydrogen) atoms. The Hall–Kier alpha value is -3.24. The predicted molar refractivity (Wildman–Crippen MR) is 151 cm³/mol. The number of aliphatic carboxylic acids is 1. The van der Waals surface area contributed by atoms with Gasteiger partial charge >= 0.3 is 11.5 Å². The van der Waals surface area contributed by atoms with E-state index in [-0.39, 0.29) is 40.6 Å². The third-order valence-corrected chi connectivity index (χ3v) is 9.75. The van der Waals surface area contributed by atoms with Crippen LogP contribution in [0.4, 0.5) is 18.9 Å². The molecule has 3 aromatic carbocycles. The summed E-state index contributed by atoms with van der Waals surface area (Å²) in [5.74, 6) is -1.10. The van der Waals surface area contributed by atoms with Crippen LogP contribution in [0.15, 0.2) is 65.6 Å². The second kappa shape index (κ2) is 10.2. The first-order chi connectivity index (χ1) is 19.4. The second-order valence-corrected chi connectivity index (χ2v) is 13.2. The standard InChI is InChI=1S/C31H31F3N2O4S/c32-31(33,34)41-22-8-5-18(6-9-22)16-35-25-23-4-2-1-3-21(23)7-10-24(25)27(37)36-26(28(38)39)29-12-19-11-20(13-29)15-30(40,14-19)17-29/h1-10,19-20,26,35,40H,11-17H2,(H,36,37)(H,38,39). The smallest absolute Gasteiger partial charge is 0.446 e. The Labute approximate surface area is 239 Å². The Balaban J connectivity index is 1.27. The van der Waals surface area contributed by atoms with Gasteiger partial charge in [-0.25, -0.2) is 4.79 Å². The Morgan fingerprint density at radius 1 is 0.976 bits per heavy atom. The minimum Gasteiger partial charge on any atom is -0.480 e. The average molecular weight is 585 g/mol. The first kappa shape index (κ1) is 27.9. The maximum atomic E-state index is 13.8. The van der Waals surface area contributed by atoms with Gasteiger partial charge in [0.05, 0.1) is 16.9 Å². The highest BCUT2D eigenvalue weighted by Gasteiger charge is 2.61. The fourth-order valence-electron chi connectivity index (χ4n) is 7.96. The lowest BCUT2D eigenvalue weighted by atomic mass is 9.46. The minimum atomic E-state index is -4.37. The fraction of sp³-hybridized carbons (Fsp3) is 0.419. The van der Waals surface area contributed by atoms with E-state index >= 15 is 0 Å². The second-order valence-electron chi connectivity index (χ2n) is 12.0. The molecular weight excluding hydrogens is 553 g/mol. The van der Waals surface area contributed by atoms with Crippen molar-refractivity contribution in [2.75, 3.05) is 5.32 Å². The zero-order chi connectivity index (χ0) is 29.0. The number of benzene rings is 3. The number of thioether (sulfide) groups is 1. The minimum absolute atomic E-state index is 0.0838. The lowest BCUT2D eigenvalue weighted by Crippen LogP contribution is -2.64. The van der Waals surface area contributed by atoms with Gasteiger partial charge in [0.2, 0.25) is 0 Å². The van der Waals surface area contributed by atoms with Crippen molar-refractivity contribution in [1.82, 2.24) is 5.32 Å². The molecule has 216 valence electrons. The molecule has 0 aliphatic heterocycles. The first-order valence-corrected chi connectivity index (χ1v) is 14.6. The SMILES string of the molecule is O=C(NC(C(=O)O)C12CC3CC(CC(O)(C3)C1)C2)c1ccc2ccccc2c1NCc1ccc(SC(F)(F)F)cc1.